The number of rotatable bonds is 7. The highest BCUT2D eigenvalue weighted by Crippen LogP contribution is 2.29. The van der Waals surface area contributed by atoms with Crippen LogP contribution in [0.2, 0.25) is 0 Å². The second-order valence-corrected chi connectivity index (χ2v) is 8.99. The van der Waals surface area contributed by atoms with Gasteiger partial charge in [0, 0.05) is 29.9 Å². The van der Waals surface area contributed by atoms with E-state index in [9.17, 15) is 9.59 Å². The summed E-state index contributed by atoms with van der Waals surface area (Å²) in [6.07, 6.45) is 11.9. The predicted octanol–water partition coefficient (Wildman–Crippen LogP) is 2.10. The third kappa shape index (κ3) is 5.46. The van der Waals surface area contributed by atoms with Crippen LogP contribution in [-0.2, 0) is 4.79 Å². The van der Waals surface area contributed by atoms with E-state index < -0.39 is 0 Å². The Bertz CT molecular complexity index is 1060. The fourth-order valence-electron chi connectivity index (χ4n) is 4.63. The summed E-state index contributed by atoms with van der Waals surface area (Å²) < 4.78 is 0. The summed E-state index contributed by atoms with van der Waals surface area (Å²) in [5.41, 5.74) is 6.78. The smallest absolute Gasteiger partial charge is 0.251 e. The summed E-state index contributed by atoms with van der Waals surface area (Å²) in [6.45, 7) is 1.97. The van der Waals surface area contributed by atoms with Crippen molar-refractivity contribution >= 4 is 29.3 Å². The van der Waals surface area contributed by atoms with E-state index in [1.54, 1.807) is 36.5 Å². The van der Waals surface area contributed by atoms with Crippen LogP contribution in [0, 0.1) is 18.4 Å². The normalized spacial score (nSPS) is 20.9. The van der Waals surface area contributed by atoms with E-state index in [-0.39, 0.29) is 29.8 Å². The Morgan fingerprint density at radius 1 is 1.15 bits per heavy atom. The van der Waals surface area contributed by atoms with Gasteiger partial charge in [0.1, 0.15) is 5.82 Å². The van der Waals surface area contributed by atoms with Gasteiger partial charge in [-0.05, 0) is 76.2 Å². The lowest BCUT2D eigenvalue weighted by Gasteiger charge is -2.29. The van der Waals surface area contributed by atoms with Gasteiger partial charge in [-0.1, -0.05) is 12.8 Å². The van der Waals surface area contributed by atoms with Crippen molar-refractivity contribution in [3.05, 3.63) is 42.1 Å². The van der Waals surface area contributed by atoms with Crippen molar-refractivity contribution in [2.45, 2.75) is 44.2 Å². The van der Waals surface area contributed by atoms with Gasteiger partial charge in [-0.2, -0.15) is 4.98 Å². The molecule has 9 heteroatoms. The minimum Gasteiger partial charge on any atom is -0.369 e. The number of piperidine rings is 1. The molecule has 1 saturated heterocycles. The van der Waals surface area contributed by atoms with E-state index in [1.807, 2.05) is 0 Å². The zero-order chi connectivity index (χ0) is 24.1. The van der Waals surface area contributed by atoms with Crippen LogP contribution in [0.15, 0.2) is 36.5 Å². The van der Waals surface area contributed by atoms with Gasteiger partial charge in [0.2, 0.25) is 11.9 Å². The van der Waals surface area contributed by atoms with Gasteiger partial charge < -0.3 is 21.3 Å². The number of benzene rings is 1. The lowest BCUT2D eigenvalue weighted by atomic mass is 10.0. The molecule has 2 amide bonds. The number of nitrogens with one attached hydrogen (secondary N) is 2. The molecule has 1 aromatic heterocycles. The van der Waals surface area contributed by atoms with Gasteiger partial charge in [-0.25, -0.2) is 9.88 Å². The van der Waals surface area contributed by atoms with E-state index in [4.69, 9.17) is 12.2 Å². The van der Waals surface area contributed by atoms with Gasteiger partial charge in [0.05, 0.1) is 11.6 Å². The summed E-state index contributed by atoms with van der Waals surface area (Å²) >= 11 is 0. The van der Waals surface area contributed by atoms with Crippen molar-refractivity contribution in [3.8, 4) is 12.5 Å². The molecule has 2 aliphatic rings. The molecule has 1 aromatic carbocycles. The van der Waals surface area contributed by atoms with Crippen molar-refractivity contribution in [1.29, 1.82) is 0 Å². The number of aromatic nitrogens is 2. The second-order valence-electron chi connectivity index (χ2n) is 8.99. The van der Waals surface area contributed by atoms with Crippen LogP contribution in [0.5, 0.6) is 0 Å². The van der Waals surface area contributed by atoms with Crippen LogP contribution in [0.4, 0.5) is 17.5 Å². The molecule has 0 unspecified atom stereocenters. The molecule has 4 N–H and O–H groups in total. The summed E-state index contributed by atoms with van der Waals surface area (Å²) in [4.78, 5) is 37.0. The summed E-state index contributed by atoms with van der Waals surface area (Å²) in [5, 5.41) is 6.42. The maximum atomic E-state index is 12.7. The van der Waals surface area contributed by atoms with E-state index in [0.29, 0.717) is 23.0 Å². The third-order valence-corrected chi connectivity index (χ3v) is 6.63. The van der Waals surface area contributed by atoms with Crippen LogP contribution in [0.3, 0.4) is 0 Å². The zero-order valence-electron chi connectivity index (χ0n) is 19.4. The van der Waals surface area contributed by atoms with E-state index in [0.717, 1.165) is 45.2 Å². The first-order valence-electron chi connectivity index (χ1n) is 11.7. The number of carbonyl (C=O) groups is 2. The van der Waals surface area contributed by atoms with Crippen LogP contribution < -0.4 is 21.3 Å². The average molecular weight is 462 g/mol. The number of amides is 2. The lowest BCUT2D eigenvalue weighted by Crippen LogP contribution is -2.43. The molecule has 34 heavy (non-hydrogen) atoms. The Hall–Kier alpha value is -3.64. The molecule has 1 aliphatic carbocycles. The first-order chi connectivity index (χ1) is 16.4. The maximum Gasteiger partial charge on any atom is 0.251 e. The number of hydrogen-bond donors (Lipinski definition) is 3. The highest BCUT2D eigenvalue weighted by atomic mass is 16.2. The molecule has 0 bridgehead atoms. The number of likely N-dealkylation sites (tertiary alicyclic amines) is 1. The van der Waals surface area contributed by atoms with Gasteiger partial charge in [-0.3, -0.25) is 9.59 Å². The van der Waals surface area contributed by atoms with Crippen molar-refractivity contribution in [1.82, 2.24) is 20.2 Å². The lowest BCUT2D eigenvalue weighted by molar-refractivity contribution is -0.121. The van der Waals surface area contributed by atoms with E-state index >= 15 is 0 Å². The molecule has 0 radical (unpaired) electrons. The van der Waals surface area contributed by atoms with Crippen LogP contribution in [0.1, 0.15) is 42.5 Å². The molecule has 0 spiro atoms. The Kier molecular flexibility index (Phi) is 7.28. The monoisotopic (exact) mass is 461 g/mol. The topological polar surface area (TPSA) is 116 Å². The molecule has 2 fully saturated rings. The number of hydrogen-bond acceptors (Lipinski definition) is 7. The molecule has 178 valence electrons. The minimum atomic E-state index is -0.297. The molecule has 9 nitrogen and oxygen atoms in total. The van der Waals surface area contributed by atoms with Gasteiger partial charge in [0.15, 0.2) is 0 Å². The molecule has 1 saturated carbocycles. The number of terminal acetylenes is 1. The average Bonchev–Trinajstić information content (AvgIpc) is 3.30. The number of primary amides is 1. The van der Waals surface area contributed by atoms with Crippen LogP contribution in [-0.4, -0.2) is 58.9 Å². The highest BCUT2D eigenvalue weighted by Gasteiger charge is 2.31. The molecule has 4 rings (SSSR count). The fraction of sp³-hybridized carbons (Fsp3) is 0.440. The summed E-state index contributed by atoms with van der Waals surface area (Å²) in [6, 6.07) is 11.6. The van der Waals surface area contributed by atoms with E-state index in [2.05, 4.69) is 38.6 Å². The molecule has 1 aliphatic heterocycles. The van der Waals surface area contributed by atoms with Crippen LogP contribution in [0.25, 0.3) is 0 Å². The molecular weight excluding hydrogens is 430 g/mol. The second kappa shape index (κ2) is 10.5. The van der Waals surface area contributed by atoms with Gasteiger partial charge >= 0.3 is 0 Å². The van der Waals surface area contributed by atoms with Crippen molar-refractivity contribution in [2.24, 2.45) is 11.7 Å². The minimum absolute atomic E-state index is 0.0538. The van der Waals surface area contributed by atoms with Crippen molar-refractivity contribution in [2.75, 3.05) is 30.4 Å². The first-order valence-corrected chi connectivity index (χ1v) is 11.7. The van der Waals surface area contributed by atoms with Crippen LogP contribution >= 0.6 is 0 Å². The van der Waals surface area contributed by atoms with Crippen molar-refractivity contribution in [3.63, 3.8) is 0 Å². The van der Waals surface area contributed by atoms with E-state index in [1.165, 1.54) is 4.90 Å². The molecule has 2 heterocycles. The number of carbonyl (C=O) groups excluding carboxylic acids is 2. The van der Waals surface area contributed by atoms with Gasteiger partial charge in [0.25, 0.3) is 5.91 Å². The van der Waals surface area contributed by atoms with Crippen molar-refractivity contribution < 1.29 is 9.59 Å². The molecule has 2 atom stereocenters. The predicted molar refractivity (Wildman–Crippen MR) is 131 cm³/mol. The largest absolute Gasteiger partial charge is 0.369 e. The first kappa shape index (κ1) is 23.5. The zero-order valence-corrected chi connectivity index (χ0v) is 19.4. The Labute approximate surface area is 200 Å². The number of nitrogens with zero attached hydrogens (tertiary/aromatic N) is 4. The highest BCUT2D eigenvalue weighted by molar-refractivity contribution is 5.94. The third-order valence-electron chi connectivity index (χ3n) is 6.63. The quantitative estimate of drug-likeness (QED) is 0.427. The summed E-state index contributed by atoms with van der Waals surface area (Å²) in [7, 11) is 2.09. The Morgan fingerprint density at radius 3 is 2.56 bits per heavy atom. The number of anilines is 3. The SMILES string of the molecule is C#CN(c1ccc(C(=O)NC2CCN(C)CC2)cc1)c1nccc(N[C@@H]2CCC[C@@H]2C(N)=O)n1. The Morgan fingerprint density at radius 2 is 1.88 bits per heavy atom. The number of nitrogens with two attached hydrogens (primary N) is 1. The fourth-order valence-corrected chi connectivity index (χ4v) is 4.63. The maximum absolute atomic E-state index is 12.7. The molecular formula is C25H31N7O2. The summed E-state index contributed by atoms with van der Waals surface area (Å²) in [5.74, 6) is 0.309. The molecule has 2 aromatic rings. The Balaban J connectivity index is 1.43. The standard InChI is InChI=1S/C25H31N7O2/c1-3-32(25-27-14-11-22(30-25)29-21-6-4-5-20(21)23(26)33)19-9-7-17(8-10-19)24(34)28-18-12-15-31(2)16-13-18/h1,7-11,14,18,20-21H,4-6,12-13,15-16H2,2H3,(H2,26,33)(H,28,34)(H,27,29,30)/t20-,21+/m0/s1. The van der Waals surface area contributed by atoms with Gasteiger partial charge in [-0.15, -0.1) is 0 Å².